The third kappa shape index (κ3) is 4.92. The van der Waals surface area contributed by atoms with Crippen LogP contribution in [0.1, 0.15) is 34.9 Å². The molecule has 3 heterocycles. The number of aromatic nitrogens is 4. The first-order valence-electron chi connectivity index (χ1n) is 9.48. The van der Waals surface area contributed by atoms with Crippen LogP contribution in [0.4, 0.5) is 10.1 Å². The average Bonchev–Trinajstić information content (AvgIpc) is 3.24. The molecular formula is C20H22ClFN6O2. The SMILES string of the molecule is Cl.O=C(Nc1cccn(Cc2ccc(F)cc2)c1=O)c1cn(C2CCNCC2)nn1. The van der Waals surface area contributed by atoms with Crippen LogP contribution >= 0.6 is 12.4 Å². The van der Waals surface area contributed by atoms with Gasteiger partial charge >= 0.3 is 0 Å². The number of carbonyl (C=O) groups excluding carboxylic acids is 1. The fraction of sp³-hybridized carbons (Fsp3) is 0.300. The maximum atomic E-state index is 13.1. The Morgan fingerprint density at radius 3 is 2.67 bits per heavy atom. The van der Waals surface area contributed by atoms with Crippen molar-refractivity contribution < 1.29 is 9.18 Å². The molecule has 1 fully saturated rings. The highest BCUT2D eigenvalue weighted by Gasteiger charge is 2.19. The van der Waals surface area contributed by atoms with E-state index in [0.717, 1.165) is 31.5 Å². The second-order valence-corrected chi connectivity index (χ2v) is 7.00. The van der Waals surface area contributed by atoms with Crippen LogP contribution in [0, 0.1) is 5.82 Å². The number of rotatable bonds is 5. The summed E-state index contributed by atoms with van der Waals surface area (Å²) in [4.78, 5) is 25.2. The highest BCUT2D eigenvalue weighted by atomic mass is 35.5. The van der Waals surface area contributed by atoms with Crippen LogP contribution in [-0.4, -0.2) is 38.6 Å². The molecule has 0 spiro atoms. The first-order valence-corrected chi connectivity index (χ1v) is 9.48. The van der Waals surface area contributed by atoms with Crippen molar-refractivity contribution in [1.29, 1.82) is 0 Å². The van der Waals surface area contributed by atoms with Crippen LogP contribution in [0.15, 0.2) is 53.6 Å². The molecule has 1 saturated heterocycles. The molecule has 10 heteroatoms. The number of amides is 1. The molecule has 30 heavy (non-hydrogen) atoms. The number of carbonyl (C=O) groups is 1. The summed E-state index contributed by atoms with van der Waals surface area (Å²) >= 11 is 0. The predicted octanol–water partition coefficient (Wildman–Crippen LogP) is 2.23. The minimum atomic E-state index is -0.484. The van der Waals surface area contributed by atoms with Crippen LogP contribution in [0.5, 0.6) is 0 Å². The zero-order valence-electron chi connectivity index (χ0n) is 16.1. The van der Waals surface area contributed by atoms with E-state index in [1.807, 2.05) is 0 Å². The van der Waals surface area contributed by atoms with Crippen LogP contribution < -0.4 is 16.2 Å². The van der Waals surface area contributed by atoms with Crippen molar-refractivity contribution in [2.75, 3.05) is 18.4 Å². The second kappa shape index (κ2) is 9.64. The van der Waals surface area contributed by atoms with Gasteiger partial charge in [-0.2, -0.15) is 0 Å². The molecule has 0 unspecified atom stereocenters. The van der Waals surface area contributed by atoms with E-state index in [9.17, 15) is 14.0 Å². The Bertz CT molecular complexity index is 1060. The van der Waals surface area contributed by atoms with Gasteiger partial charge < -0.3 is 15.2 Å². The quantitative estimate of drug-likeness (QED) is 0.644. The van der Waals surface area contributed by atoms with Gasteiger partial charge in [-0.3, -0.25) is 9.59 Å². The van der Waals surface area contributed by atoms with Crippen molar-refractivity contribution in [1.82, 2.24) is 24.9 Å². The summed E-state index contributed by atoms with van der Waals surface area (Å²) in [5.41, 5.74) is 0.741. The second-order valence-electron chi connectivity index (χ2n) is 7.00. The first kappa shape index (κ1) is 21.7. The largest absolute Gasteiger partial charge is 0.317 e. The Labute approximate surface area is 178 Å². The van der Waals surface area contributed by atoms with Gasteiger partial charge in [0, 0.05) is 6.20 Å². The number of benzene rings is 1. The van der Waals surface area contributed by atoms with Gasteiger partial charge in [0.15, 0.2) is 5.69 Å². The third-order valence-corrected chi connectivity index (χ3v) is 4.96. The number of nitrogens with zero attached hydrogens (tertiary/aromatic N) is 4. The van der Waals surface area contributed by atoms with Crippen molar-refractivity contribution in [2.45, 2.75) is 25.4 Å². The van der Waals surface area contributed by atoms with E-state index in [2.05, 4.69) is 20.9 Å². The minimum Gasteiger partial charge on any atom is -0.317 e. The van der Waals surface area contributed by atoms with Crippen LogP contribution in [-0.2, 0) is 6.54 Å². The number of nitrogens with one attached hydrogen (secondary N) is 2. The Morgan fingerprint density at radius 2 is 1.93 bits per heavy atom. The molecule has 2 aromatic heterocycles. The fourth-order valence-electron chi connectivity index (χ4n) is 3.36. The summed E-state index contributed by atoms with van der Waals surface area (Å²) in [6.07, 6.45) is 5.09. The Kier molecular flexibility index (Phi) is 6.96. The summed E-state index contributed by atoms with van der Waals surface area (Å²) in [7, 11) is 0. The summed E-state index contributed by atoms with van der Waals surface area (Å²) in [6.45, 7) is 2.09. The van der Waals surface area contributed by atoms with E-state index in [4.69, 9.17) is 0 Å². The van der Waals surface area contributed by atoms with Crippen LogP contribution in [0.2, 0.25) is 0 Å². The lowest BCUT2D eigenvalue weighted by atomic mass is 10.1. The van der Waals surface area contributed by atoms with Gasteiger partial charge in [-0.05, 0) is 55.8 Å². The van der Waals surface area contributed by atoms with Gasteiger partial charge in [0.25, 0.3) is 11.5 Å². The number of anilines is 1. The van der Waals surface area contributed by atoms with E-state index in [1.54, 1.807) is 41.3 Å². The maximum Gasteiger partial charge on any atom is 0.277 e. The summed E-state index contributed by atoms with van der Waals surface area (Å²) in [5, 5.41) is 13.9. The number of halogens is 2. The van der Waals surface area contributed by atoms with Gasteiger partial charge in [0.1, 0.15) is 11.5 Å². The third-order valence-electron chi connectivity index (χ3n) is 4.96. The number of hydrogen-bond acceptors (Lipinski definition) is 5. The van der Waals surface area contributed by atoms with E-state index >= 15 is 0 Å². The lowest BCUT2D eigenvalue weighted by molar-refractivity contribution is 0.102. The monoisotopic (exact) mass is 432 g/mol. The van der Waals surface area contributed by atoms with Gasteiger partial charge in [0.05, 0.1) is 18.8 Å². The van der Waals surface area contributed by atoms with E-state index in [0.29, 0.717) is 0 Å². The standard InChI is InChI=1S/C20H21FN6O2.ClH/c21-15-5-3-14(4-6-15)12-26-11-1-2-17(20(26)29)23-19(28)18-13-27(25-24-18)16-7-9-22-10-8-16;/h1-6,11,13,16,22H,7-10,12H2,(H,23,28);1H. The molecular weight excluding hydrogens is 411 g/mol. The van der Waals surface area contributed by atoms with Crippen molar-refractivity contribution in [2.24, 2.45) is 0 Å². The molecule has 0 bridgehead atoms. The average molecular weight is 433 g/mol. The maximum absolute atomic E-state index is 13.1. The van der Waals surface area contributed by atoms with Gasteiger partial charge in [0.2, 0.25) is 0 Å². The molecule has 3 aromatic rings. The van der Waals surface area contributed by atoms with E-state index in [-0.39, 0.29) is 47.8 Å². The van der Waals surface area contributed by atoms with Crippen molar-refractivity contribution >= 4 is 24.0 Å². The molecule has 4 rings (SSSR count). The molecule has 0 radical (unpaired) electrons. The lowest BCUT2D eigenvalue weighted by Crippen LogP contribution is -2.29. The van der Waals surface area contributed by atoms with Gasteiger partial charge in [-0.25, -0.2) is 9.07 Å². The first-order chi connectivity index (χ1) is 14.1. The highest BCUT2D eigenvalue weighted by molar-refractivity contribution is 6.02. The van der Waals surface area contributed by atoms with Crippen molar-refractivity contribution in [3.05, 3.63) is 76.2 Å². The number of piperidine rings is 1. The van der Waals surface area contributed by atoms with Gasteiger partial charge in [-0.15, -0.1) is 17.5 Å². The molecule has 1 aliphatic heterocycles. The Balaban J connectivity index is 0.00000256. The Morgan fingerprint density at radius 1 is 1.20 bits per heavy atom. The minimum absolute atomic E-state index is 0. The lowest BCUT2D eigenvalue weighted by Gasteiger charge is -2.22. The molecule has 1 aliphatic rings. The zero-order valence-corrected chi connectivity index (χ0v) is 16.9. The van der Waals surface area contributed by atoms with Gasteiger partial charge in [-0.1, -0.05) is 17.3 Å². The predicted molar refractivity (Wildman–Crippen MR) is 113 cm³/mol. The Hall–Kier alpha value is -3.04. The van der Waals surface area contributed by atoms with E-state index in [1.165, 1.54) is 16.7 Å². The fourth-order valence-corrected chi connectivity index (χ4v) is 3.36. The highest BCUT2D eigenvalue weighted by Crippen LogP contribution is 2.17. The molecule has 0 atom stereocenters. The molecule has 158 valence electrons. The number of pyridine rings is 1. The summed E-state index contributed by atoms with van der Waals surface area (Å²) < 4.78 is 16.2. The molecule has 2 N–H and O–H groups in total. The van der Waals surface area contributed by atoms with Crippen LogP contribution in [0.3, 0.4) is 0 Å². The topological polar surface area (TPSA) is 93.8 Å². The molecule has 0 aliphatic carbocycles. The summed E-state index contributed by atoms with van der Waals surface area (Å²) in [6, 6.07) is 9.36. The summed E-state index contributed by atoms with van der Waals surface area (Å²) in [5.74, 6) is -0.818. The smallest absolute Gasteiger partial charge is 0.277 e. The van der Waals surface area contributed by atoms with Crippen LogP contribution in [0.25, 0.3) is 0 Å². The zero-order chi connectivity index (χ0) is 20.2. The molecule has 8 nitrogen and oxygen atoms in total. The molecule has 1 aromatic carbocycles. The van der Waals surface area contributed by atoms with Crippen molar-refractivity contribution in [3.8, 4) is 0 Å². The number of hydrogen-bond donors (Lipinski definition) is 2. The van der Waals surface area contributed by atoms with E-state index < -0.39 is 5.91 Å². The van der Waals surface area contributed by atoms with Crippen molar-refractivity contribution in [3.63, 3.8) is 0 Å². The molecule has 1 amide bonds. The molecule has 0 saturated carbocycles. The normalized spacial score (nSPS) is 14.2.